The first-order chi connectivity index (χ1) is 14.9. The number of benzene rings is 2. The van der Waals surface area contributed by atoms with Gasteiger partial charge in [-0.05, 0) is 60.8 Å². The molecular weight excluding hydrogens is 457 g/mol. The van der Waals surface area contributed by atoms with Crippen molar-refractivity contribution in [2.24, 2.45) is 0 Å². The highest BCUT2D eigenvalue weighted by atomic mass is 35.5. The zero-order chi connectivity index (χ0) is 22.1. The van der Waals surface area contributed by atoms with Crippen LogP contribution in [0.1, 0.15) is 23.4 Å². The smallest absolute Gasteiger partial charge is 0.300 e. The van der Waals surface area contributed by atoms with Crippen LogP contribution in [0.3, 0.4) is 0 Å². The van der Waals surface area contributed by atoms with Crippen molar-refractivity contribution in [1.29, 1.82) is 0 Å². The zero-order valence-corrected chi connectivity index (χ0v) is 18.7. The summed E-state index contributed by atoms with van der Waals surface area (Å²) >= 11 is 13.7. The van der Waals surface area contributed by atoms with E-state index in [-0.39, 0.29) is 21.9 Å². The van der Waals surface area contributed by atoms with Crippen LogP contribution < -0.4 is 9.64 Å². The molecule has 0 saturated carbocycles. The van der Waals surface area contributed by atoms with Gasteiger partial charge in [0.15, 0.2) is 0 Å². The van der Waals surface area contributed by atoms with Gasteiger partial charge in [0.25, 0.3) is 11.7 Å². The Labute approximate surface area is 193 Å². The van der Waals surface area contributed by atoms with Crippen LogP contribution >= 0.6 is 34.5 Å². The molecule has 2 aromatic carbocycles. The predicted molar refractivity (Wildman–Crippen MR) is 123 cm³/mol. The molecule has 4 rings (SSSR count). The topological polar surface area (TPSA) is 66.8 Å². The molecule has 5 nitrogen and oxygen atoms in total. The van der Waals surface area contributed by atoms with Crippen molar-refractivity contribution in [2.45, 2.75) is 13.0 Å². The van der Waals surface area contributed by atoms with E-state index in [9.17, 15) is 14.7 Å². The van der Waals surface area contributed by atoms with Gasteiger partial charge < -0.3 is 9.84 Å². The highest BCUT2D eigenvalue weighted by Crippen LogP contribution is 2.44. The van der Waals surface area contributed by atoms with Crippen LogP contribution in [0, 0.1) is 0 Å². The van der Waals surface area contributed by atoms with Gasteiger partial charge in [0.1, 0.15) is 17.6 Å². The summed E-state index contributed by atoms with van der Waals surface area (Å²) in [5.41, 5.74) is 0.694. The summed E-state index contributed by atoms with van der Waals surface area (Å²) in [4.78, 5) is 28.2. The Morgan fingerprint density at radius 2 is 1.87 bits per heavy atom. The molecule has 8 heteroatoms. The second kappa shape index (κ2) is 8.75. The first-order valence-electron chi connectivity index (χ1n) is 9.45. The molecule has 3 aromatic rings. The van der Waals surface area contributed by atoms with Gasteiger partial charge in [-0.1, -0.05) is 29.3 Å². The molecule has 1 amide bonds. The average Bonchev–Trinajstić information content (AvgIpc) is 3.37. The Hall–Kier alpha value is -2.80. The Morgan fingerprint density at radius 1 is 1.13 bits per heavy atom. The van der Waals surface area contributed by atoms with E-state index in [0.717, 1.165) is 4.88 Å². The van der Waals surface area contributed by atoms with Gasteiger partial charge >= 0.3 is 0 Å². The predicted octanol–water partition coefficient (Wildman–Crippen LogP) is 6.08. The summed E-state index contributed by atoms with van der Waals surface area (Å²) in [6.07, 6.45) is 0. The highest BCUT2D eigenvalue weighted by molar-refractivity contribution is 7.10. The van der Waals surface area contributed by atoms with E-state index in [1.165, 1.54) is 16.2 Å². The fraction of sp³-hybridized carbons (Fsp3) is 0.130. The summed E-state index contributed by atoms with van der Waals surface area (Å²) in [6, 6.07) is 14.3. The quantitative estimate of drug-likeness (QED) is 0.277. The lowest BCUT2D eigenvalue weighted by Crippen LogP contribution is -2.29. The number of hydrogen-bond acceptors (Lipinski definition) is 5. The van der Waals surface area contributed by atoms with Gasteiger partial charge in [0.05, 0.1) is 17.2 Å². The maximum absolute atomic E-state index is 13.1. The van der Waals surface area contributed by atoms with Gasteiger partial charge in [-0.2, -0.15) is 0 Å². The van der Waals surface area contributed by atoms with Crippen molar-refractivity contribution < 1.29 is 19.4 Å². The van der Waals surface area contributed by atoms with Gasteiger partial charge in [-0.15, -0.1) is 11.3 Å². The summed E-state index contributed by atoms with van der Waals surface area (Å²) in [7, 11) is 0. The Balaban J connectivity index is 1.92. The molecule has 1 N–H and O–H groups in total. The largest absolute Gasteiger partial charge is 0.507 e. The Kier molecular flexibility index (Phi) is 6.05. The molecule has 0 radical (unpaired) electrons. The molecule has 0 bridgehead atoms. The summed E-state index contributed by atoms with van der Waals surface area (Å²) in [5, 5.41) is 13.8. The Bertz CT molecular complexity index is 1170. The lowest BCUT2D eigenvalue weighted by molar-refractivity contribution is -0.132. The van der Waals surface area contributed by atoms with E-state index in [4.69, 9.17) is 27.9 Å². The normalized spacial score (nSPS) is 17.9. The second-order valence-electron chi connectivity index (χ2n) is 6.74. The van der Waals surface area contributed by atoms with Crippen LogP contribution in [-0.4, -0.2) is 23.4 Å². The number of ether oxygens (including phenoxy) is 1. The van der Waals surface area contributed by atoms with Crippen LogP contribution in [0.15, 0.2) is 65.6 Å². The van der Waals surface area contributed by atoms with Gasteiger partial charge in [0.2, 0.25) is 0 Å². The lowest BCUT2D eigenvalue weighted by Gasteiger charge is -2.24. The van der Waals surface area contributed by atoms with Crippen molar-refractivity contribution in [1.82, 2.24) is 0 Å². The first kappa shape index (κ1) is 21.4. The number of thiophene rings is 1. The van der Waals surface area contributed by atoms with E-state index in [0.29, 0.717) is 23.1 Å². The molecule has 1 fully saturated rings. The third-order valence-electron chi connectivity index (χ3n) is 4.87. The molecule has 1 atom stereocenters. The average molecular weight is 474 g/mol. The molecule has 0 spiro atoms. The van der Waals surface area contributed by atoms with Crippen molar-refractivity contribution >= 4 is 57.7 Å². The molecule has 1 unspecified atom stereocenters. The number of anilines is 1. The highest BCUT2D eigenvalue weighted by Gasteiger charge is 2.47. The van der Waals surface area contributed by atoms with Crippen molar-refractivity contribution in [3.8, 4) is 5.75 Å². The third kappa shape index (κ3) is 3.94. The summed E-state index contributed by atoms with van der Waals surface area (Å²) < 4.78 is 5.50. The van der Waals surface area contributed by atoms with Gasteiger partial charge in [-0.3, -0.25) is 14.5 Å². The molecule has 1 aromatic heterocycles. The van der Waals surface area contributed by atoms with Gasteiger partial charge in [0, 0.05) is 21.2 Å². The molecule has 158 valence electrons. The van der Waals surface area contributed by atoms with Crippen molar-refractivity contribution in [2.75, 3.05) is 11.5 Å². The van der Waals surface area contributed by atoms with E-state index in [1.807, 2.05) is 24.4 Å². The lowest BCUT2D eigenvalue weighted by atomic mass is 9.99. The van der Waals surface area contributed by atoms with E-state index in [1.54, 1.807) is 42.5 Å². The zero-order valence-electron chi connectivity index (χ0n) is 16.3. The molecule has 2 heterocycles. The molecular formula is C23H17Cl2NO4S. The van der Waals surface area contributed by atoms with E-state index >= 15 is 0 Å². The number of amides is 1. The number of carbonyl (C=O) groups is 2. The summed E-state index contributed by atoms with van der Waals surface area (Å²) in [6.45, 7) is 2.26. The number of carbonyl (C=O) groups excluding carboxylic acids is 2. The standard InChI is InChI=1S/C23H17Cl2NO4S/c1-2-30-15-9-10-17(25)16(12-15)21(27)19-20(18-4-3-11-31-18)26(23(29)22(19)28)14-7-5-13(24)6-8-14/h3-12,20,27H,2H2,1H3/b21-19-. The number of nitrogens with zero attached hydrogens (tertiary/aromatic N) is 1. The number of hydrogen-bond donors (Lipinski definition) is 1. The van der Waals surface area contributed by atoms with Crippen LogP contribution in [0.5, 0.6) is 5.75 Å². The van der Waals surface area contributed by atoms with Crippen molar-refractivity contribution in [3.63, 3.8) is 0 Å². The van der Waals surface area contributed by atoms with Crippen LogP contribution in [0.2, 0.25) is 10.0 Å². The summed E-state index contributed by atoms with van der Waals surface area (Å²) in [5.74, 6) is -1.38. The number of Topliss-reactive ketones (excluding diaryl/α,β-unsaturated/α-hetero) is 1. The number of aliphatic hydroxyl groups excluding tert-OH is 1. The van der Waals surface area contributed by atoms with E-state index in [2.05, 4.69) is 0 Å². The second-order valence-corrected chi connectivity index (χ2v) is 8.56. The van der Waals surface area contributed by atoms with Gasteiger partial charge in [-0.25, -0.2) is 0 Å². The molecule has 31 heavy (non-hydrogen) atoms. The number of halogens is 2. The van der Waals surface area contributed by atoms with Crippen LogP contribution in [0.4, 0.5) is 5.69 Å². The van der Waals surface area contributed by atoms with E-state index < -0.39 is 17.7 Å². The monoisotopic (exact) mass is 473 g/mol. The maximum Gasteiger partial charge on any atom is 0.300 e. The number of aliphatic hydroxyl groups is 1. The third-order valence-corrected chi connectivity index (χ3v) is 6.37. The minimum atomic E-state index is -0.798. The molecule has 1 aliphatic heterocycles. The maximum atomic E-state index is 13.1. The number of rotatable bonds is 5. The van der Waals surface area contributed by atoms with Crippen molar-refractivity contribution in [3.05, 3.63) is 86.0 Å². The molecule has 1 saturated heterocycles. The minimum absolute atomic E-state index is 0.0297. The Morgan fingerprint density at radius 3 is 2.52 bits per heavy atom. The van der Waals surface area contributed by atoms with Crippen LogP contribution in [0.25, 0.3) is 5.76 Å². The molecule has 1 aliphatic rings. The number of ketones is 1. The fourth-order valence-corrected chi connectivity index (χ4v) is 4.66. The first-order valence-corrected chi connectivity index (χ1v) is 11.1. The SMILES string of the molecule is CCOc1ccc(Cl)c(/C(O)=C2/C(=O)C(=O)N(c3ccc(Cl)cc3)C2c2cccs2)c1. The fourth-order valence-electron chi connectivity index (χ4n) is 3.50. The molecule has 0 aliphatic carbocycles. The minimum Gasteiger partial charge on any atom is -0.507 e. The van der Waals surface area contributed by atoms with Crippen LogP contribution in [-0.2, 0) is 9.59 Å².